The second-order valence-electron chi connectivity index (χ2n) is 11.2. The largest absolute Gasteiger partial charge is 0.469 e. The molecule has 0 bridgehead atoms. The Morgan fingerprint density at radius 3 is 2.52 bits per heavy atom. The molecule has 5 nitrogen and oxygen atoms in total. The number of hydrogen-bond acceptors (Lipinski definition) is 5. The van der Waals surface area contributed by atoms with Crippen molar-refractivity contribution in [1.29, 1.82) is 0 Å². The molecular formula is C28H42O5. The minimum absolute atomic E-state index is 0.123. The van der Waals surface area contributed by atoms with E-state index in [2.05, 4.69) is 25.7 Å². The molecule has 3 N–H and O–H groups in total. The lowest BCUT2D eigenvalue weighted by molar-refractivity contribution is -0.155. The average molecular weight is 459 g/mol. The Morgan fingerprint density at radius 2 is 1.88 bits per heavy atom. The third kappa shape index (κ3) is 5.52. The van der Waals surface area contributed by atoms with Crippen LogP contribution < -0.4 is 0 Å². The van der Waals surface area contributed by atoms with Gasteiger partial charge in [-0.1, -0.05) is 54.5 Å². The van der Waals surface area contributed by atoms with Crippen LogP contribution in [0.25, 0.3) is 0 Å². The van der Waals surface area contributed by atoms with Gasteiger partial charge in [-0.25, -0.2) is 0 Å². The van der Waals surface area contributed by atoms with E-state index in [-0.39, 0.29) is 5.41 Å². The van der Waals surface area contributed by atoms with Crippen LogP contribution in [0.1, 0.15) is 72.1 Å². The highest BCUT2D eigenvalue weighted by Crippen LogP contribution is 2.59. The lowest BCUT2D eigenvalue weighted by Gasteiger charge is -2.42. The van der Waals surface area contributed by atoms with Gasteiger partial charge in [0, 0.05) is 0 Å². The average Bonchev–Trinajstić information content (AvgIpc) is 3.11. The van der Waals surface area contributed by atoms with Crippen LogP contribution in [-0.2, 0) is 9.53 Å². The predicted molar refractivity (Wildman–Crippen MR) is 130 cm³/mol. The number of allylic oxidation sites excluding steroid dienone is 5. The van der Waals surface area contributed by atoms with Gasteiger partial charge in [-0.3, -0.25) is 4.79 Å². The molecule has 5 heteroatoms. The molecule has 0 aliphatic heterocycles. The number of aliphatic hydroxyl groups is 3. The van der Waals surface area contributed by atoms with Gasteiger partial charge < -0.3 is 20.1 Å². The van der Waals surface area contributed by atoms with E-state index in [1.807, 2.05) is 6.08 Å². The van der Waals surface area contributed by atoms with Gasteiger partial charge in [0.15, 0.2) is 0 Å². The molecule has 0 heterocycles. The van der Waals surface area contributed by atoms with Crippen molar-refractivity contribution in [3.8, 4) is 0 Å². The van der Waals surface area contributed by atoms with E-state index in [0.717, 1.165) is 43.3 Å². The summed E-state index contributed by atoms with van der Waals surface area (Å²) in [5.74, 6) is 0.391. The molecule has 0 amide bonds. The van der Waals surface area contributed by atoms with Crippen LogP contribution in [0, 0.1) is 22.7 Å². The number of methoxy groups -OCH3 is 1. The Bertz CT molecular complexity index is 823. The molecule has 0 aromatic carbocycles. The van der Waals surface area contributed by atoms with Gasteiger partial charge in [-0.2, -0.15) is 0 Å². The molecule has 6 atom stereocenters. The maximum absolute atomic E-state index is 12.0. The van der Waals surface area contributed by atoms with Crippen molar-refractivity contribution in [3.05, 3.63) is 47.6 Å². The first kappa shape index (κ1) is 25.9. The fourth-order valence-electron chi connectivity index (χ4n) is 6.33. The zero-order valence-electron chi connectivity index (χ0n) is 20.7. The van der Waals surface area contributed by atoms with Gasteiger partial charge >= 0.3 is 5.97 Å². The van der Waals surface area contributed by atoms with Gasteiger partial charge in [0.05, 0.1) is 30.8 Å². The molecule has 0 saturated heterocycles. The van der Waals surface area contributed by atoms with Crippen molar-refractivity contribution >= 4 is 5.97 Å². The summed E-state index contributed by atoms with van der Waals surface area (Å²) in [6.45, 7) is 10.1. The molecule has 0 radical (unpaired) electrons. The minimum atomic E-state index is -1.01. The van der Waals surface area contributed by atoms with E-state index >= 15 is 0 Å². The number of rotatable bonds is 6. The molecule has 3 fully saturated rings. The summed E-state index contributed by atoms with van der Waals surface area (Å²) in [5.41, 5.74) is 2.72. The lowest BCUT2D eigenvalue weighted by Crippen LogP contribution is -2.37. The van der Waals surface area contributed by atoms with Crippen molar-refractivity contribution in [1.82, 2.24) is 0 Å². The van der Waals surface area contributed by atoms with Gasteiger partial charge in [-0.05, 0) is 82.5 Å². The topological polar surface area (TPSA) is 87.0 Å². The maximum atomic E-state index is 12.0. The Kier molecular flexibility index (Phi) is 8.08. The molecule has 184 valence electrons. The highest BCUT2D eigenvalue weighted by molar-refractivity contribution is 5.76. The number of esters is 1. The molecule has 0 spiro atoms. The summed E-state index contributed by atoms with van der Waals surface area (Å²) in [7, 11) is 1.33. The SMILES string of the molecule is C=C(/C=C/[C@@H](O)C(C)(C)C(=O)OC)[C@H]1CC[C@H]2/C(=C/C=C3C[C@@H](O)C[C@H](O)C3)CCC[C@]12C. The zero-order valence-corrected chi connectivity index (χ0v) is 20.7. The second kappa shape index (κ2) is 10.3. The first-order chi connectivity index (χ1) is 15.5. The highest BCUT2D eigenvalue weighted by atomic mass is 16.5. The highest BCUT2D eigenvalue weighted by Gasteiger charge is 2.49. The van der Waals surface area contributed by atoms with Gasteiger partial charge in [0.2, 0.25) is 0 Å². The maximum Gasteiger partial charge on any atom is 0.314 e. The van der Waals surface area contributed by atoms with E-state index in [1.165, 1.54) is 12.7 Å². The van der Waals surface area contributed by atoms with Crippen molar-refractivity contribution < 1.29 is 24.9 Å². The van der Waals surface area contributed by atoms with Gasteiger partial charge in [-0.15, -0.1) is 0 Å². The first-order valence-electron chi connectivity index (χ1n) is 12.4. The van der Waals surface area contributed by atoms with Crippen LogP contribution in [-0.4, -0.2) is 46.7 Å². The molecule has 3 rings (SSSR count). The number of ether oxygens (including phenoxy) is 1. The molecule has 3 saturated carbocycles. The Hall–Kier alpha value is -1.69. The van der Waals surface area contributed by atoms with E-state index in [1.54, 1.807) is 19.9 Å². The Labute approximate surface area is 198 Å². The van der Waals surface area contributed by atoms with Crippen molar-refractivity contribution in [2.45, 2.75) is 90.4 Å². The third-order valence-corrected chi connectivity index (χ3v) is 8.43. The van der Waals surface area contributed by atoms with Crippen LogP contribution >= 0.6 is 0 Å². The number of carbonyl (C=O) groups excluding carboxylic acids is 1. The molecule has 0 unspecified atom stereocenters. The van der Waals surface area contributed by atoms with E-state index in [0.29, 0.717) is 31.1 Å². The van der Waals surface area contributed by atoms with E-state index < -0.39 is 29.7 Å². The summed E-state index contributed by atoms with van der Waals surface area (Å²) in [6.07, 6.45) is 13.5. The zero-order chi connectivity index (χ0) is 24.4. The first-order valence-corrected chi connectivity index (χ1v) is 12.4. The van der Waals surface area contributed by atoms with Crippen LogP contribution in [0.5, 0.6) is 0 Å². The summed E-state index contributed by atoms with van der Waals surface area (Å²) in [4.78, 5) is 12.0. The smallest absolute Gasteiger partial charge is 0.314 e. The van der Waals surface area contributed by atoms with Crippen LogP contribution in [0.4, 0.5) is 0 Å². The lowest BCUT2D eigenvalue weighted by atomic mass is 9.62. The van der Waals surface area contributed by atoms with Gasteiger partial charge in [0.25, 0.3) is 0 Å². The Morgan fingerprint density at radius 1 is 1.21 bits per heavy atom. The van der Waals surface area contributed by atoms with Crippen LogP contribution in [0.3, 0.4) is 0 Å². The number of carbonyl (C=O) groups is 1. The molecule has 3 aliphatic rings. The number of aliphatic hydroxyl groups excluding tert-OH is 3. The second-order valence-corrected chi connectivity index (χ2v) is 11.2. The fourth-order valence-corrected chi connectivity index (χ4v) is 6.33. The van der Waals surface area contributed by atoms with Crippen molar-refractivity contribution in [2.75, 3.05) is 7.11 Å². The van der Waals surface area contributed by atoms with E-state index in [4.69, 9.17) is 4.74 Å². The molecular weight excluding hydrogens is 416 g/mol. The van der Waals surface area contributed by atoms with Crippen LogP contribution in [0.2, 0.25) is 0 Å². The predicted octanol–water partition coefficient (Wildman–Crippen LogP) is 4.63. The van der Waals surface area contributed by atoms with Crippen LogP contribution in [0.15, 0.2) is 47.6 Å². The molecule has 0 aromatic heterocycles. The summed E-state index contributed by atoms with van der Waals surface area (Å²) in [5, 5.41) is 30.5. The van der Waals surface area contributed by atoms with E-state index in [9.17, 15) is 20.1 Å². The Balaban J connectivity index is 1.72. The quantitative estimate of drug-likeness (QED) is 0.399. The monoisotopic (exact) mass is 458 g/mol. The fraction of sp³-hybridized carbons (Fsp3) is 0.679. The number of hydrogen-bond donors (Lipinski definition) is 3. The minimum Gasteiger partial charge on any atom is -0.469 e. The molecule has 33 heavy (non-hydrogen) atoms. The summed E-state index contributed by atoms with van der Waals surface area (Å²) < 4.78 is 4.83. The summed E-state index contributed by atoms with van der Waals surface area (Å²) in [6, 6.07) is 0. The van der Waals surface area contributed by atoms with Crippen molar-refractivity contribution in [3.63, 3.8) is 0 Å². The summed E-state index contributed by atoms with van der Waals surface area (Å²) >= 11 is 0. The molecule has 0 aromatic rings. The number of fused-ring (bicyclic) bond motifs is 1. The standard InChI is InChI=1S/C28H42O5/c1-18(8-13-25(31)27(2,3)26(32)33-5)23-11-12-24-20(7-6-14-28(23,24)4)10-9-19-15-21(29)17-22(30)16-19/h8-10,13,21-25,29-31H,1,6-7,11-12,14-17H2,2-5H3/b13-8+,20-10+/t21-,22-,23-,24+,25-,28-/m1/s1. The third-order valence-electron chi connectivity index (χ3n) is 8.43. The van der Waals surface area contributed by atoms with Gasteiger partial charge in [0.1, 0.15) is 0 Å². The van der Waals surface area contributed by atoms with Crippen molar-refractivity contribution in [2.24, 2.45) is 22.7 Å². The normalized spacial score (nSPS) is 34.9. The molecule has 3 aliphatic carbocycles.